The molecule has 2 aromatic carbocycles. The zero-order chi connectivity index (χ0) is 28.9. The third-order valence-corrected chi connectivity index (χ3v) is 5.91. The van der Waals surface area contributed by atoms with Gasteiger partial charge in [-0.3, -0.25) is 4.98 Å². The van der Waals surface area contributed by atoms with Gasteiger partial charge in [-0.2, -0.15) is 0 Å². The van der Waals surface area contributed by atoms with E-state index in [1.54, 1.807) is 30.6 Å². The SMILES string of the molecule is NC1=N[C@@](c2cccc(-c3cncnc3)c2)(c2ccnc(C(F)F)c2)c2cccc(F)c21.O=C(O)/C=C/C(=O)O. The maximum absolute atomic E-state index is 14.8. The lowest BCUT2D eigenvalue weighted by molar-refractivity contribution is -0.134. The molecule has 0 fully saturated rings. The van der Waals surface area contributed by atoms with Crippen LogP contribution in [0.15, 0.2) is 96.7 Å². The maximum Gasteiger partial charge on any atom is 0.328 e. The standard InChI is InChI=1S/C24H16F3N5.C4H4O4/c25-19-6-2-5-18-21(19)23(28)32-24(18,17-7-8-31-20(10-17)22(26)27)16-4-1-3-14(9-16)15-11-29-13-30-12-15;5-3(6)1-2-4(7)8/h1-13,22H,(H2,28,32);1-2H,(H,5,6)(H,7,8)/b;2-1+/t24-;/m0./s1. The Morgan fingerprint density at radius 2 is 1.55 bits per heavy atom. The Hall–Kier alpha value is -5.39. The molecule has 0 saturated heterocycles. The van der Waals surface area contributed by atoms with Crippen LogP contribution in [0.5, 0.6) is 0 Å². The van der Waals surface area contributed by atoms with Crippen LogP contribution in [-0.4, -0.2) is 42.9 Å². The van der Waals surface area contributed by atoms with Crippen molar-refractivity contribution >= 4 is 17.8 Å². The second-order valence-electron chi connectivity index (χ2n) is 8.36. The summed E-state index contributed by atoms with van der Waals surface area (Å²) in [4.78, 5) is 35.7. The molecule has 0 amide bonds. The van der Waals surface area contributed by atoms with Gasteiger partial charge in [-0.15, -0.1) is 0 Å². The Kier molecular flexibility index (Phi) is 7.99. The molecule has 5 rings (SSSR count). The number of hydrogen-bond acceptors (Lipinski definition) is 7. The van der Waals surface area contributed by atoms with E-state index < -0.39 is 35.4 Å². The third-order valence-electron chi connectivity index (χ3n) is 5.91. The molecule has 4 N–H and O–H groups in total. The minimum atomic E-state index is -2.77. The van der Waals surface area contributed by atoms with Gasteiger partial charge in [0.1, 0.15) is 29.2 Å². The molecule has 1 aliphatic rings. The summed E-state index contributed by atoms with van der Waals surface area (Å²) < 4.78 is 41.7. The van der Waals surface area contributed by atoms with E-state index in [4.69, 9.17) is 15.9 Å². The lowest BCUT2D eigenvalue weighted by atomic mass is 9.77. The van der Waals surface area contributed by atoms with Gasteiger partial charge in [-0.1, -0.05) is 30.3 Å². The van der Waals surface area contributed by atoms with Crippen molar-refractivity contribution < 1.29 is 33.0 Å². The first-order chi connectivity index (χ1) is 19.1. The van der Waals surface area contributed by atoms with E-state index in [1.807, 2.05) is 24.3 Å². The number of amidine groups is 1. The van der Waals surface area contributed by atoms with Crippen LogP contribution < -0.4 is 5.73 Å². The monoisotopic (exact) mass is 547 g/mol. The molecule has 2 aromatic heterocycles. The van der Waals surface area contributed by atoms with Crippen molar-refractivity contribution in [2.75, 3.05) is 0 Å². The second kappa shape index (κ2) is 11.6. The topological polar surface area (TPSA) is 152 Å². The van der Waals surface area contributed by atoms with Crippen molar-refractivity contribution in [3.63, 3.8) is 0 Å². The van der Waals surface area contributed by atoms with Crippen LogP contribution in [0.2, 0.25) is 0 Å². The van der Waals surface area contributed by atoms with Crippen molar-refractivity contribution in [1.29, 1.82) is 0 Å². The Bertz CT molecular complexity index is 1610. The van der Waals surface area contributed by atoms with Gasteiger partial charge in [-0.25, -0.2) is 37.7 Å². The highest BCUT2D eigenvalue weighted by Crippen LogP contribution is 2.47. The van der Waals surface area contributed by atoms with Gasteiger partial charge in [0.25, 0.3) is 6.43 Å². The lowest BCUT2D eigenvalue weighted by Gasteiger charge is -2.30. The molecule has 0 spiro atoms. The minimum absolute atomic E-state index is 0.00181. The number of alkyl halides is 2. The van der Waals surface area contributed by atoms with E-state index in [-0.39, 0.29) is 11.4 Å². The molecule has 0 unspecified atom stereocenters. The number of nitrogens with zero attached hydrogens (tertiary/aromatic N) is 4. The fourth-order valence-corrected chi connectivity index (χ4v) is 4.30. The van der Waals surface area contributed by atoms with Crippen LogP contribution in [0.4, 0.5) is 13.2 Å². The van der Waals surface area contributed by atoms with E-state index in [0.29, 0.717) is 28.8 Å². The quantitative estimate of drug-likeness (QED) is 0.302. The van der Waals surface area contributed by atoms with Crippen LogP contribution in [0.3, 0.4) is 0 Å². The van der Waals surface area contributed by atoms with E-state index in [2.05, 4.69) is 19.9 Å². The molecule has 0 bridgehead atoms. The number of nitrogens with two attached hydrogens (primary N) is 1. The summed E-state index contributed by atoms with van der Waals surface area (Å²) in [7, 11) is 0. The van der Waals surface area contributed by atoms with Crippen LogP contribution in [0.25, 0.3) is 11.1 Å². The summed E-state index contributed by atoms with van der Waals surface area (Å²) in [5.41, 5.74) is 7.71. The molecule has 4 aromatic rings. The number of aliphatic imine (C=N–C) groups is 1. The normalized spacial score (nSPS) is 15.8. The first kappa shape index (κ1) is 27.6. The van der Waals surface area contributed by atoms with Gasteiger partial charge in [0.2, 0.25) is 0 Å². The van der Waals surface area contributed by atoms with E-state index in [0.717, 1.165) is 11.1 Å². The van der Waals surface area contributed by atoms with Crippen molar-refractivity contribution in [3.8, 4) is 11.1 Å². The van der Waals surface area contributed by atoms with Crippen molar-refractivity contribution in [2.24, 2.45) is 10.7 Å². The zero-order valence-electron chi connectivity index (χ0n) is 20.4. The molecule has 1 atom stereocenters. The summed E-state index contributed by atoms with van der Waals surface area (Å²) in [6, 6.07) is 14.8. The number of rotatable bonds is 6. The summed E-state index contributed by atoms with van der Waals surface area (Å²) in [5.74, 6) is -3.04. The van der Waals surface area contributed by atoms with Gasteiger partial charge in [0.05, 0.1) is 5.56 Å². The molecule has 9 nitrogen and oxygen atoms in total. The van der Waals surface area contributed by atoms with Gasteiger partial charge in [0.15, 0.2) is 0 Å². The van der Waals surface area contributed by atoms with E-state index >= 15 is 0 Å². The Balaban J connectivity index is 0.000000406. The number of aromatic nitrogens is 3. The van der Waals surface area contributed by atoms with Crippen molar-refractivity contribution in [3.05, 3.63) is 125 Å². The van der Waals surface area contributed by atoms with Gasteiger partial charge in [-0.05, 0) is 41.0 Å². The van der Waals surface area contributed by atoms with Crippen molar-refractivity contribution in [1.82, 2.24) is 15.0 Å². The predicted molar refractivity (Wildman–Crippen MR) is 138 cm³/mol. The zero-order valence-corrected chi connectivity index (χ0v) is 20.4. The molecule has 1 aliphatic heterocycles. The maximum atomic E-state index is 14.8. The number of pyridine rings is 1. The molecule has 3 heterocycles. The number of hydrogen-bond donors (Lipinski definition) is 3. The van der Waals surface area contributed by atoms with E-state index in [9.17, 15) is 22.8 Å². The molecule has 40 heavy (non-hydrogen) atoms. The molecule has 12 heteroatoms. The predicted octanol–water partition coefficient (Wildman–Crippen LogP) is 4.34. The van der Waals surface area contributed by atoms with Crippen molar-refractivity contribution in [2.45, 2.75) is 12.0 Å². The number of carboxylic acid groups (broad SMARTS) is 2. The molecular formula is C28H20F3N5O4. The third kappa shape index (κ3) is 5.55. The average Bonchev–Trinajstić information content (AvgIpc) is 3.27. The smallest absolute Gasteiger partial charge is 0.328 e. The van der Waals surface area contributed by atoms with Crippen LogP contribution >= 0.6 is 0 Å². The second-order valence-corrected chi connectivity index (χ2v) is 8.36. The lowest BCUT2D eigenvalue weighted by Crippen LogP contribution is -2.26. The summed E-state index contributed by atoms with van der Waals surface area (Å²) in [6.45, 7) is 0. The number of aliphatic carboxylic acids is 2. The fraction of sp³-hybridized carbons (Fsp3) is 0.0714. The van der Waals surface area contributed by atoms with Crippen LogP contribution in [-0.2, 0) is 15.1 Å². The minimum Gasteiger partial charge on any atom is -0.478 e. The van der Waals surface area contributed by atoms with E-state index in [1.165, 1.54) is 24.7 Å². The number of carbonyl (C=O) groups is 2. The highest BCUT2D eigenvalue weighted by Gasteiger charge is 2.44. The Morgan fingerprint density at radius 3 is 2.20 bits per heavy atom. The highest BCUT2D eigenvalue weighted by molar-refractivity contribution is 6.03. The average molecular weight is 547 g/mol. The van der Waals surface area contributed by atoms with Gasteiger partial charge >= 0.3 is 11.9 Å². The molecular weight excluding hydrogens is 527 g/mol. The molecule has 0 radical (unpaired) electrons. The van der Waals surface area contributed by atoms with Crippen LogP contribution in [0, 0.1) is 5.82 Å². The molecule has 0 saturated carbocycles. The summed E-state index contributed by atoms with van der Waals surface area (Å²) in [6.07, 6.45) is 4.41. The first-order valence-corrected chi connectivity index (χ1v) is 11.5. The Labute approximate surface area is 225 Å². The van der Waals surface area contributed by atoms with Gasteiger partial charge < -0.3 is 15.9 Å². The largest absolute Gasteiger partial charge is 0.478 e. The first-order valence-electron chi connectivity index (χ1n) is 11.5. The summed E-state index contributed by atoms with van der Waals surface area (Å²) >= 11 is 0. The highest BCUT2D eigenvalue weighted by atomic mass is 19.3. The van der Waals surface area contributed by atoms with Gasteiger partial charge in [0, 0.05) is 41.9 Å². The number of benzene rings is 2. The summed E-state index contributed by atoms with van der Waals surface area (Å²) in [5, 5.41) is 15.6. The Morgan fingerprint density at radius 1 is 0.900 bits per heavy atom. The molecule has 202 valence electrons. The number of halogens is 3. The number of fused-ring (bicyclic) bond motifs is 1. The fourth-order valence-electron chi connectivity index (χ4n) is 4.30. The molecule has 0 aliphatic carbocycles. The van der Waals surface area contributed by atoms with Crippen LogP contribution in [0.1, 0.15) is 34.4 Å². The number of carboxylic acids is 2.